The maximum absolute atomic E-state index is 13.3. The second kappa shape index (κ2) is 25.4. The van der Waals surface area contributed by atoms with E-state index in [1.807, 2.05) is 152 Å². The lowest BCUT2D eigenvalue weighted by Gasteiger charge is -2.61. The largest absolute Gasteiger partial charge is 0.508 e. The highest BCUT2D eigenvalue weighted by Crippen LogP contribution is 2.65. The molecule has 81 heavy (non-hydrogen) atoms. The Morgan fingerprint density at radius 1 is 0.630 bits per heavy atom. The quantitative estimate of drug-likeness (QED) is 0.0621. The normalized spacial score (nSPS) is 26.2. The Labute approximate surface area is 483 Å². The maximum atomic E-state index is 13.3. The van der Waals surface area contributed by atoms with Crippen molar-refractivity contribution in [1.29, 1.82) is 0 Å². The Morgan fingerprint density at radius 2 is 1.14 bits per heavy atom. The van der Waals surface area contributed by atoms with Gasteiger partial charge in [-0.25, -0.2) is 4.79 Å². The van der Waals surface area contributed by atoms with Gasteiger partial charge in [-0.05, 0) is 218 Å². The van der Waals surface area contributed by atoms with Crippen LogP contribution in [-0.4, -0.2) is 70.9 Å². The number of carbonyl (C=O) groups excluding carboxylic acids is 6. The topological polar surface area (TPSA) is 178 Å². The molecule has 13 heteroatoms. The highest BCUT2D eigenvalue weighted by molar-refractivity contribution is 6.03. The van der Waals surface area contributed by atoms with Gasteiger partial charge in [-0.2, -0.15) is 0 Å². The molecule has 6 saturated carbocycles. The summed E-state index contributed by atoms with van der Waals surface area (Å²) in [6, 6.07) is 25.2. The van der Waals surface area contributed by atoms with Crippen LogP contribution in [0, 0.1) is 56.7 Å². The van der Waals surface area contributed by atoms with Gasteiger partial charge in [0, 0.05) is 17.3 Å². The zero-order chi connectivity index (χ0) is 60.1. The molecule has 0 radical (unpaired) electrons. The number of phenolic OH excluding ortho intramolecular Hbond substituents is 1. The summed E-state index contributed by atoms with van der Waals surface area (Å²) in [5.74, 6) is 0.611. The fraction of sp³-hybridized carbons (Fsp3) is 0.647. The molecule has 3 aromatic carbocycles. The van der Waals surface area contributed by atoms with Gasteiger partial charge in [0.1, 0.15) is 34.9 Å². The van der Waals surface area contributed by atoms with E-state index in [9.17, 15) is 28.8 Å². The number of esters is 6. The average Bonchev–Trinajstić information content (AvgIpc) is 3.51. The van der Waals surface area contributed by atoms with Crippen molar-refractivity contribution in [3.63, 3.8) is 0 Å². The Bertz CT molecular complexity index is 2620. The summed E-state index contributed by atoms with van der Waals surface area (Å²) >= 11 is 0. The van der Waals surface area contributed by atoms with E-state index in [0.29, 0.717) is 30.3 Å². The standard InChI is InChI=1S/C30H42O8.C18H20O2.C10H20O2.C10H14O/c1-6-27(2,3)24(32)36-22-19-10-20-23(22)37-26(34)30(20,14-19)25(33)35-15-21(31)38-28(4,5)29-11-16-7-17(12-29)9-18(8-16)13-29;1-4-18(2,3)17(19)20-16-12-10-15(11-13-16)14-8-6-5-7-9-14;1-7-10(5,6)8(11)12-9(2,3)4;1-3-8(2)9-4-6-10(11)7-5-9/h16-20,22-23H,6-15H2,1-5H3;5-13H,4H2,1-3H3;7H2,1-6H3;4-8,11H,3H2,1-2H3. The minimum Gasteiger partial charge on any atom is -0.508 e. The highest BCUT2D eigenvalue weighted by atomic mass is 16.6. The molecule has 6 unspecified atom stereocenters. The molecule has 6 aliphatic carbocycles. The van der Waals surface area contributed by atoms with Gasteiger partial charge in [-0.1, -0.05) is 89.2 Å². The van der Waals surface area contributed by atoms with E-state index >= 15 is 0 Å². The predicted octanol–water partition coefficient (Wildman–Crippen LogP) is 14.7. The zero-order valence-electron chi connectivity index (χ0n) is 51.7. The molecular weight excluding hydrogens is 1020 g/mol. The predicted molar refractivity (Wildman–Crippen MR) is 313 cm³/mol. The third kappa shape index (κ3) is 14.9. The number of hydrogen-bond donors (Lipinski definition) is 1. The van der Waals surface area contributed by atoms with Gasteiger partial charge in [0.2, 0.25) is 0 Å². The first kappa shape index (κ1) is 64.4. The minimum atomic E-state index is -1.42. The van der Waals surface area contributed by atoms with Crippen molar-refractivity contribution in [3.05, 3.63) is 84.4 Å². The van der Waals surface area contributed by atoms with E-state index in [1.54, 1.807) is 12.1 Å². The van der Waals surface area contributed by atoms with Crippen LogP contribution in [-0.2, 0) is 52.5 Å². The molecule has 0 spiro atoms. The van der Waals surface area contributed by atoms with Gasteiger partial charge >= 0.3 is 35.8 Å². The molecule has 10 rings (SSSR count). The van der Waals surface area contributed by atoms with Gasteiger partial charge in [0.05, 0.1) is 16.2 Å². The number of carbonyl (C=O) groups is 6. The summed E-state index contributed by atoms with van der Waals surface area (Å²) in [7, 11) is 0. The zero-order valence-corrected chi connectivity index (χ0v) is 51.7. The van der Waals surface area contributed by atoms with Crippen LogP contribution in [0.1, 0.15) is 199 Å². The van der Waals surface area contributed by atoms with Crippen LogP contribution in [0.3, 0.4) is 0 Å². The number of rotatable bonds is 16. The van der Waals surface area contributed by atoms with Gasteiger partial charge in [-0.3, -0.25) is 24.0 Å². The molecule has 7 fully saturated rings. The minimum absolute atomic E-state index is 0.00796. The lowest BCUT2D eigenvalue weighted by Crippen LogP contribution is -2.57. The van der Waals surface area contributed by atoms with E-state index in [4.69, 9.17) is 33.5 Å². The SMILES string of the molecule is CCC(C)(C)C(=O)OC(C)(C)C.CCC(C)(C)C(=O)OC1C2CC3C1OC(=O)C3(C(=O)OCC(=O)OC(C)(C)C13CC4CC(CC(C4)C1)C3)C2.CCC(C)(C)C(=O)Oc1ccc(-c2ccccc2)cc1.CCC(C)c1ccc(O)cc1. The molecular formula is C68H96O13. The van der Waals surface area contributed by atoms with Crippen molar-refractivity contribution in [2.45, 2.75) is 217 Å². The van der Waals surface area contributed by atoms with E-state index < -0.39 is 64.5 Å². The molecule has 6 bridgehead atoms. The van der Waals surface area contributed by atoms with E-state index in [1.165, 1.54) is 24.8 Å². The third-order valence-electron chi connectivity index (χ3n) is 19.1. The summed E-state index contributed by atoms with van der Waals surface area (Å²) in [5, 5.41) is 9.01. The second-order valence-corrected chi connectivity index (χ2v) is 27.7. The van der Waals surface area contributed by atoms with Crippen LogP contribution in [0.4, 0.5) is 0 Å². The van der Waals surface area contributed by atoms with Crippen molar-refractivity contribution in [1.82, 2.24) is 0 Å². The molecule has 7 aliphatic rings. The van der Waals surface area contributed by atoms with Crippen molar-refractivity contribution in [2.75, 3.05) is 6.61 Å². The lowest BCUT2D eigenvalue weighted by atomic mass is 9.46. The van der Waals surface area contributed by atoms with Gasteiger partial charge < -0.3 is 33.5 Å². The van der Waals surface area contributed by atoms with Crippen LogP contribution < -0.4 is 4.74 Å². The van der Waals surface area contributed by atoms with Gasteiger partial charge in [0.25, 0.3) is 0 Å². The Morgan fingerprint density at radius 3 is 1.64 bits per heavy atom. The molecule has 1 N–H and O–H groups in total. The van der Waals surface area contributed by atoms with E-state index in [2.05, 4.69) is 26.0 Å². The maximum Gasteiger partial charge on any atom is 0.344 e. The van der Waals surface area contributed by atoms with Crippen LogP contribution in [0.25, 0.3) is 11.1 Å². The summed E-state index contributed by atoms with van der Waals surface area (Å²) < 4.78 is 33.6. The fourth-order valence-corrected chi connectivity index (χ4v) is 12.7. The first-order valence-electron chi connectivity index (χ1n) is 30.0. The van der Waals surface area contributed by atoms with Crippen molar-refractivity contribution < 1.29 is 62.3 Å². The molecule has 1 saturated heterocycles. The number of benzene rings is 3. The highest BCUT2D eigenvalue weighted by Gasteiger charge is 2.75. The summed E-state index contributed by atoms with van der Waals surface area (Å²) in [6.45, 7) is 30.7. The molecule has 13 nitrogen and oxygen atoms in total. The van der Waals surface area contributed by atoms with E-state index in [-0.39, 0.29) is 46.7 Å². The average molecular weight is 1120 g/mol. The summed E-state index contributed by atoms with van der Waals surface area (Å²) in [5.41, 5.74) is -0.317. The van der Waals surface area contributed by atoms with Crippen molar-refractivity contribution in [3.8, 4) is 22.6 Å². The Kier molecular flexibility index (Phi) is 20.2. The number of phenols is 1. The molecule has 1 heterocycles. The van der Waals surface area contributed by atoms with E-state index in [0.717, 1.165) is 67.4 Å². The third-order valence-corrected chi connectivity index (χ3v) is 19.1. The van der Waals surface area contributed by atoms with Crippen LogP contribution in [0.5, 0.6) is 11.5 Å². The number of hydrogen-bond acceptors (Lipinski definition) is 13. The molecule has 0 amide bonds. The molecule has 6 atom stereocenters. The van der Waals surface area contributed by atoms with Crippen LogP contribution in [0.2, 0.25) is 0 Å². The number of fused-ring (bicyclic) bond motifs is 1. The molecule has 3 aromatic rings. The fourth-order valence-electron chi connectivity index (χ4n) is 12.7. The monoisotopic (exact) mass is 1120 g/mol. The Balaban J connectivity index is 0.000000204. The van der Waals surface area contributed by atoms with Crippen LogP contribution >= 0.6 is 0 Å². The number of ether oxygens (including phenoxy) is 6. The van der Waals surface area contributed by atoms with Crippen molar-refractivity contribution >= 4 is 35.8 Å². The van der Waals surface area contributed by atoms with Gasteiger partial charge in [-0.15, -0.1) is 0 Å². The Hall–Kier alpha value is -5.72. The lowest BCUT2D eigenvalue weighted by molar-refractivity contribution is -0.204. The smallest absolute Gasteiger partial charge is 0.344 e. The molecule has 1 aliphatic heterocycles. The summed E-state index contributed by atoms with van der Waals surface area (Å²) in [6.07, 6.45) is 10.1. The molecule has 0 aromatic heterocycles. The second-order valence-electron chi connectivity index (χ2n) is 27.7. The van der Waals surface area contributed by atoms with Gasteiger partial charge in [0.15, 0.2) is 12.0 Å². The first-order chi connectivity index (χ1) is 37.8. The first-order valence-corrected chi connectivity index (χ1v) is 30.0. The van der Waals surface area contributed by atoms with Crippen molar-refractivity contribution in [2.24, 2.45) is 56.7 Å². The molecule has 446 valence electrons. The summed E-state index contributed by atoms with van der Waals surface area (Å²) in [4.78, 5) is 75.4. The number of aromatic hydroxyl groups is 1. The van der Waals surface area contributed by atoms with Crippen LogP contribution in [0.15, 0.2) is 78.9 Å².